The van der Waals surface area contributed by atoms with Gasteiger partial charge in [-0.05, 0) is 0 Å². The second-order valence-corrected chi connectivity index (χ2v) is 3.59. The molecule has 71 valence electrons. The van der Waals surface area contributed by atoms with Crippen LogP contribution in [0.4, 0.5) is 0 Å². The normalized spacial score (nSPS) is 26.3. The van der Waals surface area contributed by atoms with E-state index in [0.717, 1.165) is 11.8 Å². The molecule has 1 fully saturated rings. The fourth-order valence-electron chi connectivity index (χ4n) is 1.85. The van der Waals surface area contributed by atoms with E-state index in [4.69, 9.17) is 0 Å². The summed E-state index contributed by atoms with van der Waals surface area (Å²) in [7, 11) is 0. The molecule has 1 aromatic rings. The van der Waals surface area contributed by atoms with Gasteiger partial charge in [0.15, 0.2) is 0 Å². The van der Waals surface area contributed by atoms with Gasteiger partial charge >= 0.3 is 0 Å². The molecule has 3 rings (SSSR count). The Labute approximate surface area is 112 Å². The van der Waals surface area contributed by atoms with Crippen LogP contribution in [0.25, 0.3) is 0 Å². The molecule has 2 unspecified atom stereocenters. The van der Waals surface area contributed by atoms with Crippen LogP contribution in [0.1, 0.15) is 12.8 Å². The monoisotopic (exact) mass is 259 g/mol. The van der Waals surface area contributed by atoms with E-state index < -0.39 is 0 Å². The van der Waals surface area contributed by atoms with E-state index in [9.17, 15) is 0 Å². The summed E-state index contributed by atoms with van der Waals surface area (Å²) in [5.74, 6) is 1.80. The van der Waals surface area contributed by atoms with E-state index in [1.54, 1.807) is 0 Å². The Morgan fingerprint density at radius 1 is 1.07 bits per heavy atom. The maximum Gasteiger partial charge on any atom is 0 e. The predicted octanol–water partition coefficient (Wildman–Crippen LogP) is 3.27. The number of rotatable bonds is 0. The van der Waals surface area contributed by atoms with E-state index in [1.165, 1.54) is 12.8 Å². The van der Waals surface area contributed by atoms with Crippen molar-refractivity contribution in [2.75, 3.05) is 0 Å². The molecule has 0 N–H and O–H groups in total. The number of fused-ring (bicyclic) bond motifs is 2. The largest absolute Gasteiger partial charge is 0.321 e. The third-order valence-corrected chi connectivity index (χ3v) is 2.55. The summed E-state index contributed by atoms with van der Waals surface area (Å²) >= 11 is 0. The van der Waals surface area contributed by atoms with Gasteiger partial charge in [0.2, 0.25) is 0 Å². The Hall–Kier alpha value is 0.0639. The van der Waals surface area contributed by atoms with Gasteiger partial charge in [-0.1, -0.05) is 18.4 Å². The maximum atomic E-state index is 2.89. The number of benzene rings is 1. The van der Waals surface area contributed by atoms with Crippen molar-refractivity contribution in [2.24, 2.45) is 11.8 Å². The molecule has 2 aliphatic carbocycles. The first-order valence-corrected chi connectivity index (χ1v) is 4.88. The van der Waals surface area contributed by atoms with Crippen molar-refractivity contribution in [3.05, 3.63) is 55.0 Å². The van der Waals surface area contributed by atoms with Crippen molar-refractivity contribution in [1.29, 1.82) is 0 Å². The third-order valence-electron chi connectivity index (χ3n) is 2.55. The summed E-state index contributed by atoms with van der Waals surface area (Å²) in [4.78, 5) is 0. The first-order chi connectivity index (χ1) is 6.45. The minimum Gasteiger partial charge on any atom is -0.321 e. The molecule has 0 saturated heterocycles. The molecule has 0 aromatic heterocycles. The fraction of sp³-hybridized carbons (Fsp3) is 0.308. The number of hydrogen-bond acceptors (Lipinski definition) is 0. The molecule has 1 radical (unpaired) electrons. The molecule has 1 heteroatoms. The smallest absolute Gasteiger partial charge is 0 e. The minimum absolute atomic E-state index is 0. The van der Waals surface area contributed by atoms with Crippen molar-refractivity contribution in [2.45, 2.75) is 12.8 Å². The fourth-order valence-corrected chi connectivity index (χ4v) is 1.85. The molecule has 0 amide bonds. The van der Waals surface area contributed by atoms with Crippen LogP contribution >= 0.6 is 0 Å². The van der Waals surface area contributed by atoms with Crippen molar-refractivity contribution in [3.8, 4) is 0 Å². The summed E-state index contributed by atoms with van der Waals surface area (Å²) in [5, 5.41) is 0. The first-order valence-electron chi connectivity index (χ1n) is 4.88. The minimum atomic E-state index is 0. The van der Waals surface area contributed by atoms with Crippen LogP contribution in [0.15, 0.2) is 42.5 Å². The summed E-state index contributed by atoms with van der Waals surface area (Å²) < 4.78 is 0. The molecule has 1 saturated carbocycles. The van der Waals surface area contributed by atoms with Gasteiger partial charge in [0.05, 0.1) is 0 Å². The van der Waals surface area contributed by atoms with E-state index in [-0.39, 0.29) is 32.7 Å². The van der Waals surface area contributed by atoms with Crippen LogP contribution in [0.5, 0.6) is 0 Å². The topological polar surface area (TPSA) is 0 Å². The SMILES string of the molecule is C1=CC2C[CH-]C1C2.[Y].[c-]1ccccc1. The average molecular weight is 259 g/mol. The maximum absolute atomic E-state index is 2.89. The van der Waals surface area contributed by atoms with Crippen LogP contribution in [-0.4, -0.2) is 0 Å². The van der Waals surface area contributed by atoms with Gasteiger partial charge in [-0.15, -0.1) is 12.0 Å². The molecular weight excluding hydrogens is 245 g/mol. The number of allylic oxidation sites excluding steroid dienone is 2. The third kappa shape index (κ3) is 3.67. The first kappa shape index (κ1) is 12.1. The zero-order chi connectivity index (χ0) is 8.93. The van der Waals surface area contributed by atoms with Crippen LogP contribution in [0.2, 0.25) is 0 Å². The van der Waals surface area contributed by atoms with Crippen LogP contribution in [-0.2, 0) is 32.7 Å². The van der Waals surface area contributed by atoms with E-state index in [0.29, 0.717) is 0 Å². The second-order valence-electron chi connectivity index (χ2n) is 3.59. The zero-order valence-corrected chi connectivity index (χ0v) is 11.1. The van der Waals surface area contributed by atoms with Crippen LogP contribution in [0.3, 0.4) is 0 Å². The van der Waals surface area contributed by atoms with Gasteiger partial charge in [-0.2, -0.15) is 42.8 Å². The standard InChI is InChI=1S/C7H9.C6H5.Y/c1-2-7-4-3-6(1)5-7;1-2-4-6-5-3-1;/h1-3,6-7H,4-5H2;1-5H;/q2*-1;. The Kier molecular flexibility index (Phi) is 5.66. The van der Waals surface area contributed by atoms with E-state index in [1.807, 2.05) is 30.3 Å². The van der Waals surface area contributed by atoms with Crippen molar-refractivity contribution in [1.82, 2.24) is 0 Å². The molecule has 1 aromatic carbocycles. The molecule has 2 atom stereocenters. The van der Waals surface area contributed by atoms with Gasteiger partial charge in [-0.3, -0.25) is 0 Å². The van der Waals surface area contributed by atoms with Gasteiger partial charge < -0.3 is 6.42 Å². The molecule has 0 spiro atoms. The van der Waals surface area contributed by atoms with Gasteiger partial charge in [0, 0.05) is 32.7 Å². The zero-order valence-electron chi connectivity index (χ0n) is 8.27. The van der Waals surface area contributed by atoms with Crippen molar-refractivity contribution < 1.29 is 32.7 Å². The van der Waals surface area contributed by atoms with Gasteiger partial charge in [0.25, 0.3) is 0 Å². The summed E-state index contributed by atoms with van der Waals surface area (Å²) in [6.07, 6.45) is 9.87. The van der Waals surface area contributed by atoms with Crippen molar-refractivity contribution >= 4 is 0 Å². The molecule has 0 heterocycles. The Balaban J connectivity index is 0.000000132. The quantitative estimate of drug-likeness (QED) is 0.495. The molecule has 2 bridgehead atoms. The van der Waals surface area contributed by atoms with Gasteiger partial charge in [-0.25, -0.2) is 0 Å². The second kappa shape index (κ2) is 6.53. The molecule has 2 aliphatic rings. The Morgan fingerprint density at radius 3 is 2.00 bits per heavy atom. The van der Waals surface area contributed by atoms with Crippen LogP contribution in [0, 0.1) is 24.3 Å². The van der Waals surface area contributed by atoms with Gasteiger partial charge in [0.1, 0.15) is 0 Å². The Bertz CT molecular complexity index is 227. The van der Waals surface area contributed by atoms with E-state index >= 15 is 0 Å². The Morgan fingerprint density at radius 2 is 1.86 bits per heavy atom. The molecule has 14 heavy (non-hydrogen) atoms. The summed E-state index contributed by atoms with van der Waals surface area (Å²) in [6.45, 7) is 0. The van der Waals surface area contributed by atoms with Crippen molar-refractivity contribution in [3.63, 3.8) is 0 Å². The molecular formula is C13H14Y-2. The summed E-state index contributed by atoms with van der Waals surface area (Å²) in [6, 6.07) is 12.5. The summed E-state index contributed by atoms with van der Waals surface area (Å²) in [5.41, 5.74) is 0. The number of hydrogen-bond donors (Lipinski definition) is 0. The average Bonchev–Trinajstić information content (AvgIpc) is 2.85. The predicted molar refractivity (Wildman–Crippen MR) is 54.9 cm³/mol. The van der Waals surface area contributed by atoms with Crippen LogP contribution < -0.4 is 0 Å². The molecule has 0 nitrogen and oxygen atoms in total. The molecule has 0 aliphatic heterocycles. The van der Waals surface area contributed by atoms with E-state index in [2.05, 4.69) is 24.6 Å².